The van der Waals surface area contributed by atoms with Crippen LogP contribution >= 0.6 is 22.6 Å². The summed E-state index contributed by atoms with van der Waals surface area (Å²) in [6.07, 6.45) is 0. The van der Waals surface area contributed by atoms with Gasteiger partial charge in [0.15, 0.2) is 5.78 Å². The molecular formula is C14H11IO. The third kappa shape index (κ3) is 2.32. The number of carbonyl (C=O) groups is 1. The van der Waals surface area contributed by atoms with Crippen molar-refractivity contribution in [2.45, 2.75) is 0 Å². The lowest BCUT2D eigenvalue weighted by Gasteiger charge is -2.07. The SMILES string of the molecule is O=C(CI)c1ccccc1-c1ccccc1. The molecule has 2 aromatic rings. The van der Waals surface area contributed by atoms with Gasteiger partial charge in [0, 0.05) is 5.56 Å². The molecule has 2 aromatic carbocycles. The van der Waals surface area contributed by atoms with E-state index in [1.807, 2.05) is 54.6 Å². The van der Waals surface area contributed by atoms with Gasteiger partial charge in [0.05, 0.1) is 4.43 Å². The van der Waals surface area contributed by atoms with Crippen LogP contribution in [0.4, 0.5) is 0 Å². The molecule has 0 aliphatic carbocycles. The van der Waals surface area contributed by atoms with Gasteiger partial charge in [-0.2, -0.15) is 0 Å². The summed E-state index contributed by atoms with van der Waals surface area (Å²) in [6, 6.07) is 17.8. The lowest BCUT2D eigenvalue weighted by Crippen LogP contribution is -2.01. The maximum Gasteiger partial charge on any atom is 0.173 e. The first-order chi connectivity index (χ1) is 7.83. The molecule has 0 fully saturated rings. The van der Waals surface area contributed by atoms with Crippen molar-refractivity contribution in [2.75, 3.05) is 4.43 Å². The van der Waals surface area contributed by atoms with Gasteiger partial charge < -0.3 is 0 Å². The van der Waals surface area contributed by atoms with Crippen molar-refractivity contribution in [3.63, 3.8) is 0 Å². The van der Waals surface area contributed by atoms with Crippen LogP contribution in [0.2, 0.25) is 0 Å². The van der Waals surface area contributed by atoms with Crippen LogP contribution in [0.1, 0.15) is 10.4 Å². The van der Waals surface area contributed by atoms with Crippen molar-refractivity contribution in [2.24, 2.45) is 0 Å². The molecule has 0 bridgehead atoms. The first-order valence-electron chi connectivity index (χ1n) is 5.06. The van der Waals surface area contributed by atoms with E-state index in [9.17, 15) is 4.79 Å². The van der Waals surface area contributed by atoms with E-state index >= 15 is 0 Å². The first kappa shape index (κ1) is 11.3. The minimum Gasteiger partial charge on any atom is -0.293 e. The van der Waals surface area contributed by atoms with Crippen molar-refractivity contribution in [1.82, 2.24) is 0 Å². The highest BCUT2D eigenvalue weighted by Gasteiger charge is 2.10. The standard InChI is InChI=1S/C14H11IO/c15-10-14(16)13-9-5-4-8-12(13)11-6-2-1-3-7-11/h1-9H,10H2. The third-order valence-electron chi connectivity index (χ3n) is 2.43. The number of Topliss-reactive ketones (excluding diaryl/α,β-unsaturated/α-hetero) is 1. The normalized spacial score (nSPS) is 10.1. The molecule has 0 saturated carbocycles. The largest absolute Gasteiger partial charge is 0.293 e. The molecule has 0 aromatic heterocycles. The monoisotopic (exact) mass is 322 g/mol. The Bertz CT molecular complexity index is 491. The van der Waals surface area contributed by atoms with Crippen molar-refractivity contribution >= 4 is 28.4 Å². The summed E-state index contributed by atoms with van der Waals surface area (Å²) in [4.78, 5) is 11.8. The molecule has 0 atom stereocenters. The molecule has 0 aliphatic rings. The van der Waals surface area contributed by atoms with Gasteiger partial charge >= 0.3 is 0 Å². The molecule has 0 amide bonds. The second-order valence-electron chi connectivity index (χ2n) is 3.47. The summed E-state index contributed by atoms with van der Waals surface area (Å²) in [5, 5.41) is 0. The predicted octanol–water partition coefficient (Wildman–Crippen LogP) is 3.97. The molecule has 0 heterocycles. The van der Waals surface area contributed by atoms with Gasteiger partial charge in [-0.15, -0.1) is 0 Å². The van der Waals surface area contributed by atoms with Crippen LogP contribution < -0.4 is 0 Å². The van der Waals surface area contributed by atoms with Crippen molar-refractivity contribution in [3.8, 4) is 11.1 Å². The van der Waals surface area contributed by atoms with Crippen molar-refractivity contribution in [3.05, 3.63) is 60.2 Å². The van der Waals surface area contributed by atoms with Crippen LogP contribution in [-0.2, 0) is 0 Å². The molecule has 0 N–H and O–H groups in total. The zero-order valence-electron chi connectivity index (χ0n) is 8.69. The Morgan fingerprint density at radius 3 is 2.25 bits per heavy atom. The Hall–Kier alpha value is -1.16. The third-order valence-corrected chi connectivity index (χ3v) is 3.13. The highest BCUT2D eigenvalue weighted by Crippen LogP contribution is 2.23. The minimum absolute atomic E-state index is 0.181. The fraction of sp³-hybridized carbons (Fsp3) is 0.0714. The maximum atomic E-state index is 11.8. The van der Waals surface area contributed by atoms with Gasteiger partial charge in [0.1, 0.15) is 0 Å². The zero-order valence-corrected chi connectivity index (χ0v) is 10.8. The number of hydrogen-bond donors (Lipinski definition) is 0. The lowest BCUT2D eigenvalue weighted by molar-refractivity contribution is 0.102. The predicted molar refractivity (Wildman–Crippen MR) is 75.1 cm³/mol. The van der Waals surface area contributed by atoms with E-state index in [0.717, 1.165) is 16.7 Å². The number of benzene rings is 2. The molecule has 0 unspecified atom stereocenters. The average Bonchev–Trinajstić information content (AvgIpc) is 2.39. The smallest absolute Gasteiger partial charge is 0.173 e. The number of hydrogen-bond acceptors (Lipinski definition) is 1. The van der Waals surface area contributed by atoms with Gasteiger partial charge in [-0.3, -0.25) is 4.79 Å². The van der Waals surface area contributed by atoms with Crippen LogP contribution in [0.25, 0.3) is 11.1 Å². The quantitative estimate of drug-likeness (QED) is 0.475. The summed E-state index contributed by atoms with van der Waals surface area (Å²) in [5.41, 5.74) is 2.92. The van der Waals surface area contributed by atoms with E-state index in [2.05, 4.69) is 22.6 Å². The first-order valence-corrected chi connectivity index (χ1v) is 6.59. The highest BCUT2D eigenvalue weighted by atomic mass is 127. The molecule has 0 spiro atoms. The van der Waals surface area contributed by atoms with E-state index < -0.39 is 0 Å². The highest BCUT2D eigenvalue weighted by molar-refractivity contribution is 14.1. The summed E-state index contributed by atoms with van der Waals surface area (Å²) in [6.45, 7) is 0. The molecule has 1 nitrogen and oxygen atoms in total. The molecule has 16 heavy (non-hydrogen) atoms. The summed E-state index contributed by atoms with van der Waals surface area (Å²) in [7, 11) is 0. The van der Waals surface area contributed by atoms with Crippen LogP contribution in [0.15, 0.2) is 54.6 Å². The fourth-order valence-corrected chi connectivity index (χ4v) is 2.08. The van der Waals surface area contributed by atoms with Gasteiger partial charge in [0.25, 0.3) is 0 Å². The summed E-state index contributed by atoms with van der Waals surface area (Å²) < 4.78 is 0.515. The Morgan fingerprint density at radius 1 is 0.938 bits per heavy atom. The van der Waals surface area contributed by atoms with Crippen LogP contribution in [-0.4, -0.2) is 10.2 Å². The Morgan fingerprint density at radius 2 is 1.56 bits per heavy atom. The molecule has 2 heteroatoms. The van der Waals surface area contributed by atoms with Crippen molar-refractivity contribution < 1.29 is 4.79 Å². The maximum absolute atomic E-state index is 11.8. The number of rotatable bonds is 3. The molecule has 2 rings (SSSR count). The van der Waals surface area contributed by atoms with Gasteiger partial charge in [-0.25, -0.2) is 0 Å². The topological polar surface area (TPSA) is 17.1 Å². The van der Waals surface area contributed by atoms with E-state index in [0.29, 0.717) is 4.43 Å². The summed E-state index contributed by atoms with van der Waals surface area (Å²) in [5.74, 6) is 0.181. The number of alkyl halides is 1. The molecule has 0 aliphatic heterocycles. The Balaban J connectivity index is 2.53. The molecule has 80 valence electrons. The second-order valence-corrected chi connectivity index (χ2v) is 4.23. The fourth-order valence-electron chi connectivity index (χ4n) is 1.67. The van der Waals surface area contributed by atoms with E-state index in [1.165, 1.54) is 0 Å². The summed E-state index contributed by atoms with van der Waals surface area (Å²) >= 11 is 2.10. The number of halogens is 1. The minimum atomic E-state index is 0.181. The zero-order chi connectivity index (χ0) is 11.4. The van der Waals surface area contributed by atoms with Crippen LogP contribution in [0, 0.1) is 0 Å². The van der Waals surface area contributed by atoms with E-state index in [4.69, 9.17) is 0 Å². The van der Waals surface area contributed by atoms with Crippen LogP contribution in [0.3, 0.4) is 0 Å². The van der Waals surface area contributed by atoms with E-state index in [-0.39, 0.29) is 5.78 Å². The van der Waals surface area contributed by atoms with Gasteiger partial charge in [0.2, 0.25) is 0 Å². The number of carbonyl (C=O) groups excluding carboxylic acids is 1. The van der Waals surface area contributed by atoms with Crippen molar-refractivity contribution in [1.29, 1.82) is 0 Å². The Kier molecular flexibility index (Phi) is 3.72. The lowest BCUT2D eigenvalue weighted by atomic mass is 9.98. The average molecular weight is 322 g/mol. The molecular weight excluding hydrogens is 311 g/mol. The van der Waals surface area contributed by atoms with Crippen LogP contribution in [0.5, 0.6) is 0 Å². The van der Waals surface area contributed by atoms with Gasteiger partial charge in [-0.1, -0.05) is 77.2 Å². The van der Waals surface area contributed by atoms with E-state index in [1.54, 1.807) is 0 Å². The Labute approximate surface area is 109 Å². The number of ketones is 1. The second kappa shape index (κ2) is 5.25. The van der Waals surface area contributed by atoms with Gasteiger partial charge in [-0.05, 0) is 11.1 Å². The molecule has 0 saturated heterocycles. The molecule has 0 radical (unpaired) electrons.